The molecule has 15 heavy (non-hydrogen) atoms. The summed E-state index contributed by atoms with van der Waals surface area (Å²) in [5.74, 6) is 1.10. The van der Waals surface area contributed by atoms with Crippen LogP contribution in [0.4, 0.5) is 0 Å². The summed E-state index contributed by atoms with van der Waals surface area (Å²) in [5.41, 5.74) is 6.91. The van der Waals surface area contributed by atoms with Crippen LogP contribution in [-0.4, -0.2) is 12.6 Å². The number of halogens is 2. The molecule has 0 spiro atoms. The lowest BCUT2D eigenvalue weighted by Crippen LogP contribution is -2.35. The van der Waals surface area contributed by atoms with Crippen LogP contribution in [-0.2, 0) is 6.42 Å². The quantitative estimate of drug-likeness (QED) is 0.826. The summed E-state index contributed by atoms with van der Waals surface area (Å²) in [4.78, 5) is 0. The maximum Gasteiger partial charge on any atom is 0.141 e. The van der Waals surface area contributed by atoms with Crippen molar-refractivity contribution in [2.75, 3.05) is 6.61 Å². The maximum atomic E-state index is 6.03. The fourth-order valence-corrected chi connectivity index (χ4v) is 2.39. The standard InChI is InChI=1S/C11H13Cl2NO/c1-6(14)8-2-7-3-9(12)4-10(13)11(7)15-5-8/h3-4,6,8H,2,5,14H2,1H3/t6-,8?/m0/s1. The van der Waals surface area contributed by atoms with E-state index in [1.807, 2.05) is 13.0 Å². The van der Waals surface area contributed by atoms with Gasteiger partial charge >= 0.3 is 0 Å². The minimum atomic E-state index is 0.121. The van der Waals surface area contributed by atoms with Crippen LogP contribution in [0, 0.1) is 5.92 Å². The minimum Gasteiger partial charge on any atom is -0.491 e. The van der Waals surface area contributed by atoms with Gasteiger partial charge in [0.2, 0.25) is 0 Å². The lowest BCUT2D eigenvalue weighted by molar-refractivity contribution is 0.204. The van der Waals surface area contributed by atoms with Crippen molar-refractivity contribution in [2.45, 2.75) is 19.4 Å². The number of hydrogen-bond donors (Lipinski definition) is 1. The van der Waals surface area contributed by atoms with Gasteiger partial charge in [-0.15, -0.1) is 0 Å². The average Bonchev–Trinajstić information content (AvgIpc) is 2.16. The Balaban J connectivity index is 2.33. The zero-order valence-corrected chi connectivity index (χ0v) is 9.98. The van der Waals surface area contributed by atoms with E-state index in [0.717, 1.165) is 17.7 Å². The first-order valence-corrected chi connectivity index (χ1v) is 5.70. The summed E-state index contributed by atoms with van der Waals surface area (Å²) in [7, 11) is 0. The molecule has 82 valence electrons. The first-order chi connectivity index (χ1) is 7.08. The van der Waals surface area contributed by atoms with Gasteiger partial charge < -0.3 is 10.5 Å². The van der Waals surface area contributed by atoms with E-state index in [1.54, 1.807) is 6.07 Å². The van der Waals surface area contributed by atoms with Crippen LogP contribution in [0.3, 0.4) is 0 Å². The third-order valence-corrected chi connectivity index (χ3v) is 3.25. The molecule has 1 unspecified atom stereocenters. The molecule has 1 heterocycles. The maximum absolute atomic E-state index is 6.03. The molecule has 0 radical (unpaired) electrons. The van der Waals surface area contributed by atoms with Crippen LogP contribution in [0.2, 0.25) is 10.0 Å². The molecule has 2 atom stereocenters. The summed E-state index contributed by atoms with van der Waals surface area (Å²) in [6, 6.07) is 3.72. The molecule has 2 N–H and O–H groups in total. The van der Waals surface area contributed by atoms with Gasteiger partial charge in [0.1, 0.15) is 5.75 Å². The van der Waals surface area contributed by atoms with E-state index < -0.39 is 0 Å². The molecule has 0 amide bonds. The average molecular weight is 246 g/mol. The first kappa shape index (κ1) is 11.1. The van der Waals surface area contributed by atoms with Gasteiger partial charge in [0.05, 0.1) is 11.6 Å². The van der Waals surface area contributed by atoms with Gasteiger partial charge in [-0.05, 0) is 31.0 Å². The SMILES string of the molecule is C[C@H](N)C1COc2c(Cl)cc(Cl)cc2C1. The Hall–Kier alpha value is -0.440. The third kappa shape index (κ3) is 2.22. The van der Waals surface area contributed by atoms with Crippen LogP contribution in [0.1, 0.15) is 12.5 Å². The largest absolute Gasteiger partial charge is 0.491 e. The number of ether oxygens (including phenoxy) is 1. The lowest BCUT2D eigenvalue weighted by atomic mass is 9.92. The Labute approximate surface area is 99.3 Å². The second kappa shape index (κ2) is 4.20. The van der Waals surface area contributed by atoms with Crippen molar-refractivity contribution in [3.63, 3.8) is 0 Å². The number of hydrogen-bond acceptors (Lipinski definition) is 2. The number of nitrogens with two attached hydrogens (primary N) is 1. The second-order valence-corrected chi connectivity index (χ2v) is 4.85. The van der Waals surface area contributed by atoms with E-state index >= 15 is 0 Å². The number of rotatable bonds is 1. The van der Waals surface area contributed by atoms with Crippen molar-refractivity contribution in [1.82, 2.24) is 0 Å². The molecule has 1 aromatic carbocycles. The molecule has 4 heteroatoms. The summed E-state index contributed by atoms with van der Waals surface area (Å²) in [6.45, 7) is 2.62. The van der Waals surface area contributed by atoms with Crippen LogP contribution in [0.5, 0.6) is 5.75 Å². The van der Waals surface area contributed by atoms with Crippen molar-refractivity contribution in [3.05, 3.63) is 27.7 Å². The van der Waals surface area contributed by atoms with Crippen LogP contribution >= 0.6 is 23.2 Å². The molecule has 2 nitrogen and oxygen atoms in total. The van der Waals surface area contributed by atoms with Gasteiger partial charge in [-0.2, -0.15) is 0 Å². The summed E-state index contributed by atoms with van der Waals surface area (Å²) < 4.78 is 5.61. The molecule has 0 fully saturated rings. The van der Waals surface area contributed by atoms with E-state index in [4.69, 9.17) is 33.7 Å². The van der Waals surface area contributed by atoms with E-state index in [-0.39, 0.29) is 6.04 Å². The van der Waals surface area contributed by atoms with Crippen molar-refractivity contribution < 1.29 is 4.74 Å². The van der Waals surface area contributed by atoms with Crippen LogP contribution in [0.25, 0.3) is 0 Å². The van der Waals surface area contributed by atoms with Crippen molar-refractivity contribution in [1.29, 1.82) is 0 Å². The Morgan fingerprint density at radius 1 is 1.47 bits per heavy atom. The van der Waals surface area contributed by atoms with Gasteiger partial charge in [-0.3, -0.25) is 0 Å². The Bertz CT molecular complexity index is 379. The molecule has 0 saturated heterocycles. The van der Waals surface area contributed by atoms with Gasteiger partial charge in [0.25, 0.3) is 0 Å². The van der Waals surface area contributed by atoms with Gasteiger partial charge in [-0.1, -0.05) is 23.2 Å². The Morgan fingerprint density at radius 2 is 2.20 bits per heavy atom. The lowest BCUT2D eigenvalue weighted by Gasteiger charge is -2.28. The fraction of sp³-hybridized carbons (Fsp3) is 0.455. The van der Waals surface area contributed by atoms with Crippen molar-refractivity contribution in [2.24, 2.45) is 11.7 Å². The number of benzene rings is 1. The highest BCUT2D eigenvalue weighted by molar-refractivity contribution is 6.35. The molecule has 1 aromatic rings. The van der Waals surface area contributed by atoms with Crippen molar-refractivity contribution in [3.8, 4) is 5.75 Å². The molecule has 1 aliphatic heterocycles. The van der Waals surface area contributed by atoms with Crippen molar-refractivity contribution >= 4 is 23.2 Å². The van der Waals surface area contributed by atoms with Crippen LogP contribution < -0.4 is 10.5 Å². The Morgan fingerprint density at radius 3 is 2.87 bits per heavy atom. The fourth-order valence-electron chi connectivity index (χ4n) is 1.80. The highest BCUT2D eigenvalue weighted by atomic mass is 35.5. The molecular formula is C11H13Cl2NO. The topological polar surface area (TPSA) is 35.2 Å². The zero-order chi connectivity index (χ0) is 11.0. The van der Waals surface area contributed by atoms with Crippen LogP contribution in [0.15, 0.2) is 12.1 Å². The smallest absolute Gasteiger partial charge is 0.141 e. The molecule has 1 aliphatic rings. The minimum absolute atomic E-state index is 0.121. The molecule has 2 rings (SSSR count). The molecule has 0 bridgehead atoms. The first-order valence-electron chi connectivity index (χ1n) is 4.94. The predicted octanol–water partition coefficient (Wildman–Crippen LogP) is 2.89. The summed E-state index contributed by atoms with van der Waals surface area (Å²) >= 11 is 12.0. The monoisotopic (exact) mass is 245 g/mol. The summed E-state index contributed by atoms with van der Waals surface area (Å²) in [6.07, 6.45) is 0.882. The van der Waals surface area contributed by atoms with Gasteiger partial charge in [0, 0.05) is 17.0 Å². The zero-order valence-electron chi connectivity index (χ0n) is 8.47. The molecule has 0 aliphatic carbocycles. The second-order valence-electron chi connectivity index (χ2n) is 4.01. The van der Waals surface area contributed by atoms with E-state index in [9.17, 15) is 0 Å². The predicted molar refractivity (Wildman–Crippen MR) is 62.8 cm³/mol. The van der Waals surface area contributed by atoms with Gasteiger partial charge in [0.15, 0.2) is 0 Å². The Kier molecular flexibility index (Phi) is 3.10. The number of fused-ring (bicyclic) bond motifs is 1. The molecule has 0 aromatic heterocycles. The van der Waals surface area contributed by atoms with E-state index in [2.05, 4.69) is 0 Å². The third-order valence-electron chi connectivity index (χ3n) is 2.75. The van der Waals surface area contributed by atoms with E-state index in [1.165, 1.54) is 0 Å². The summed E-state index contributed by atoms with van der Waals surface area (Å²) in [5, 5.41) is 1.23. The van der Waals surface area contributed by atoms with Gasteiger partial charge in [-0.25, -0.2) is 0 Å². The molecule has 0 saturated carbocycles. The molecular weight excluding hydrogens is 233 g/mol. The normalized spacial score (nSPS) is 21.7. The highest BCUT2D eigenvalue weighted by Gasteiger charge is 2.24. The van der Waals surface area contributed by atoms with E-state index in [0.29, 0.717) is 22.6 Å². The highest BCUT2D eigenvalue weighted by Crippen LogP contribution is 2.37.